The van der Waals surface area contributed by atoms with E-state index in [1.807, 2.05) is 0 Å². The monoisotopic (exact) mass is 507 g/mol. The molecule has 4 heterocycles. The van der Waals surface area contributed by atoms with Crippen LogP contribution < -0.4 is 10.9 Å². The number of aromatic nitrogens is 2. The Labute approximate surface area is 210 Å². The van der Waals surface area contributed by atoms with Crippen LogP contribution in [0, 0.1) is 18.7 Å². The molecule has 192 valence electrons. The number of carbonyl (C=O) groups is 2. The van der Waals surface area contributed by atoms with Crippen molar-refractivity contribution in [2.75, 3.05) is 0 Å². The van der Waals surface area contributed by atoms with Crippen molar-refractivity contribution in [3.05, 3.63) is 62.2 Å². The molecule has 1 fully saturated rings. The number of aryl methyl sites for hydroxylation is 1. The zero-order valence-corrected chi connectivity index (χ0v) is 20.4. The summed E-state index contributed by atoms with van der Waals surface area (Å²) in [5.74, 6) is -1.77. The Morgan fingerprint density at radius 3 is 2.76 bits per heavy atom. The lowest BCUT2D eigenvalue weighted by atomic mass is 9.86. The van der Waals surface area contributed by atoms with E-state index in [1.165, 1.54) is 10.6 Å². The highest BCUT2D eigenvalue weighted by molar-refractivity contribution is 5.90. The summed E-state index contributed by atoms with van der Waals surface area (Å²) in [6.45, 7) is 3.22. The zero-order valence-electron chi connectivity index (χ0n) is 20.4. The van der Waals surface area contributed by atoms with Crippen LogP contribution in [-0.2, 0) is 39.6 Å². The first-order valence-corrected chi connectivity index (χ1v) is 12.4. The van der Waals surface area contributed by atoms with E-state index in [1.54, 1.807) is 26.0 Å². The van der Waals surface area contributed by atoms with Crippen LogP contribution in [0.2, 0.25) is 0 Å². The van der Waals surface area contributed by atoms with Gasteiger partial charge in [0, 0.05) is 29.1 Å². The van der Waals surface area contributed by atoms with E-state index in [9.17, 15) is 29.0 Å². The SMILES string of the molecule is CC[C@@]1(O)C(=O)OCc2c1cc1n(c2=O)Cc2c-1nc1cc(F)c(C)cc1c2CNC(=O)[C@H](O)C1CC1. The molecule has 9 nitrogen and oxygen atoms in total. The van der Waals surface area contributed by atoms with Gasteiger partial charge in [-0.15, -0.1) is 0 Å². The average Bonchev–Trinajstić information content (AvgIpc) is 3.66. The predicted octanol–water partition coefficient (Wildman–Crippen LogP) is 1.91. The van der Waals surface area contributed by atoms with Gasteiger partial charge in [-0.1, -0.05) is 6.92 Å². The summed E-state index contributed by atoms with van der Waals surface area (Å²) in [6, 6.07) is 4.57. The number of amides is 1. The number of fused-ring (bicyclic) bond motifs is 5. The highest BCUT2D eigenvalue weighted by atomic mass is 19.1. The number of benzene rings is 1. The number of esters is 1. The number of carbonyl (C=O) groups excluding carboxylic acids is 2. The van der Waals surface area contributed by atoms with E-state index in [0.29, 0.717) is 39.0 Å². The minimum atomic E-state index is -1.96. The highest BCUT2D eigenvalue weighted by Gasteiger charge is 2.45. The lowest BCUT2D eigenvalue weighted by Crippen LogP contribution is -2.44. The quantitative estimate of drug-likeness (QED) is 0.352. The molecular formula is C27H26FN3O6. The first kappa shape index (κ1) is 23.7. The third-order valence-corrected chi connectivity index (χ3v) is 7.86. The van der Waals surface area contributed by atoms with Crippen molar-refractivity contribution in [3.63, 3.8) is 0 Å². The molecule has 37 heavy (non-hydrogen) atoms. The van der Waals surface area contributed by atoms with Crippen LogP contribution >= 0.6 is 0 Å². The minimum absolute atomic E-state index is 0.0187. The summed E-state index contributed by atoms with van der Waals surface area (Å²) < 4.78 is 21.2. The van der Waals surface area contributed by atoms with Crippen LogP contribution in [0.3, 0.4) is 0 Å². The maximum Gasteiger partial charge on any atom is 0.343 e. The summed E-state index contributed by atoms with van der Waals surface area (Å²) in [4.78, 5) is 43.2. The van der Waals surface area contributed by atoms with Crippen molar-refractivity contribution >= 4 is 22.8 Å². The molecule has 3 N–H and O–H groups in total. The smallest absolute Gasteiger partial charge is 0.343 e. The number of aliphatic hydroxyl groups is 2. The van der Waals surface area contributed by atoms with Crippen molar-refractivity contribution in [2.24, 2.45) is 5.92 Å². The Balaban J connectivity index is 1.53. The molecule has 1 aliphatic carbocycles. The molecule has 0 radical (unpaired) electrons. The summed E-state index contributed by atoms with van der Waals surface area (Å²) in [5.41, 5.74) is 0.934. The van der Waals surface area contributed by atoms with Gasteiger partial charge in [0.15, 0.2) is 5.60 Å². The molecule has 0 saturated heterocycles. The molecule has 1 amide bonds. The Bertz CT molecular complexity index is 1580. The van der Waals surface area contributed by atoms with E-state index in [0.717, 1.165) is 12.8 Å². The predicted molar refractivity (Wildman–Crippen MR) is 130 cm³/mol. The lowest BCUT2D eigenvalue weighted by molar-refractivity contribution is -0.172. The molecule has 0 spiro atoms. The first-order chi connectivity index (χ1) is 17.6. The number of ether oxygens (including phenoxy) is 1. The minimum Gasteiger partial charge on any atom is -0.458 e. The maximum absolute atomic E-state index is 14.5. The fourth-order valence-electron chi connectivity index (χ4n) is 5.40. The average molecular weight is 508 g/mol. The van der Waals surface area contributed by atoms with E-state index in [2.05, 4.69) is 10.3 Å². The number of hydrogen-bond acceptors (Lipinski definition) is 7. The van der Waals surface area contributed by atoms with Gasteiger partial charge in [0.2, 0.25) is 5.91 Å². The van der Waals surface area contributed by atoms with Gasteiger partial charge >= 0.3 is 5.97 Å². The molecule has 6 rings (SSSR count). The second kappa shape index (κ2) is 8.19. The van der Waals surface area contributed by atoms with Crippen LogP contribution in [0.15, 0.2) is 23.0 Å². The number of nitrogens with zero attached hydrogens (tertiary/aromatic N) is 2. The summed E-state index contributed by atoms with van der Waals surface area (Å²) in [7, 11) is 0. The molecule has 10 heteroatoms. The lowest BCUT2D eigenvalue weighted by Gasteiger charge is -2.31. The van der Waals surface area contributed by atoms with Crippen molar-refractivity contribution in [2.45, 2.75) is 64.5 Å². The van der Waals surface area contributed by atoms with Gasteiger partial charge in [0.25, 0.3) is 5.56 Å². The second-order valence-electron chi connectivity index (χ2n) is 10.1. The Morgan fingerprint density at radius 2 is 2.05 bits per heavy atom. The summed E-state index contributed by atoms with van der Waals surface area (Å²) >= 11 is 0. The van der Waals surface area contributed by atoms with Crippen LogP contribution in [-0.4, -0.2) is 37.7 Å². The van der Waals surface area contributed by atoms with Crippen LogP contribution in [0.25, 0.3) is 22.3 Å². The number of aliphatic hydroxyl groups excluding tert-OH is 1. The van der Waals surface area contributed by atoms with Crippen LogP contribution in [0.1, 0.15) is 54.0 Å². The molecule has 0 unspecified atom stereocenters. The van der Waals surface area contributed by atoms with Gasteiger partial charge in [-0.3, -0.25) is 9.59 Å². The summed E-state index contributed by atoms with van der Waals surface area (Å²) in [6.07, 6.45) is 0.543. The van der Waals surface area contributed by atoms with Crippen LogP contribution in [0.5, 0.6) is 0 Å². The fraction of sp³-hybridized carbons (Fsp3) is 0.407. The third-order valence-electron chi connectivity index (χ3n) is 7.86. The summed E-state index contributed by atoms with van der Waals surface area (Å²) in [5, 5.41) is 24.7. The number of nitrogens with one attached hydrogen (secondary N) is 1. The van der Waals surface area contributed by atoms with Crippen molar-refractivity contribution in [1.82, 2.24) is 14.9 Å². The van der Waals surface area contributed by atoms with Gasteiger partial charge < -0.3 is 24.8 Å². The standard InChI is InChI=1S/C27H26FN3O6/c1-3-27(36)18-7-21-22-16(10-31(21)25(34)17(18)11-37-26(27)35)15(9-29-24(33)23(32)13-4-5-13)14-6-12(2)19(28)8-20(14)30-22/h6-8,13,23,32,36H,3-5,9-11H2,1-2H3,(H,29,33)/t23-,27+/m1/s1. The number of pyridine rings is 2. The maximum atomic E-state index is 14.5. The van der Waals surface area contributed by atoms with Gasteiger partial charge in [-0.05, 0) is 55.4 Å². The molecule has 1 aromatic carbocycles. The number of halogens is 1. The normalized spacial score (nSPS) is 20.7. The van der Waals surface area contributed by atoms with Crippen molar-refractivity contribution in [3.8, 4) is 11.4 Å². The second-order valence-corrected chi connectivity index (χ2v) is 10.1. The van der Waals surface area contributed by atoms with Gasteiger partial charge in [-0.2, -0.15) is 0 Å². The Morgan fingerprint density at radius 1 is 1.30 bits per heavy atom. The van der Waals surface area contributed by atoms with E-state index < -0.39 is 35.0 Å². The first-order valence-electron chi connectivity index (χ1n) is 12.4. The third kappa shape index (κ3) is 3.50. The van der Waals surface area contributed by atoms with E-state index in [-0.39, 0.29) is 43.2 Å². The number of hydrogen-bond donors (Lipinski definition) is 3. The highest BCUT2D eigenvalue weighted by Crippen LogP contribution is 2.40. The van der Waals surface area contributed by atoms with Gasteiger partial charge in [0.05, 0.1) is 29.0 Å². The number of cyclic esters (lactones) is 1. The molecule has 0 bridgehead atoms. The van der Waals surface area contributed by atoms with E-state index >= 15 is 0 Å². The topological polar surface area (TPSA) is 131 Å². The number of rotatable bonds is 5. The van der Waals surface area contributed by atoms with Gasteiger partial charge in [-0.25, -0.2) is 14.2 Å². The zero-order chi connectivity index (χ0) is 26.2. The van der Waals surface area contributed by atoms with Crippen LogP contribution in [0.4, 0.5) is 4.39 Å². The van der Waals surface area contributed by atoms with Gasteiger partial charge in [0.1, 0.15) is 18.5 Å². The molecule has 2 atom stereocenters. The largest absolute Gasteiger partial charge is 0.458 e. The molecule has 2 aliphatic heterocycles. The molecular weight excluding hydrogens is 481 g/mol. The molecule has 1 saturated carbocycles. The Kier molecular flexibility index (Phi) is 5.26. The van der Waals surface area contributed by atoms with E-state index in [4.69, 9.17) is 4.74 Å². The Hall–Kier alpha value is -3.63. The molecule has 2 aromatic heterocycles. The van der Waals surface area contributed by atoms with Crippen molar-refractivity contribution in [1.29, 1.82) is 0 Å². The fourth-order valence-corrected chi connectivity index (χ4v) is 5.40. The van der Waals surface area contributed by atoms with Crippen molar-refractivity contribution < 1.29 is 28.9 Å². The molecule has 3 aliphatic rings. The molecule has 3 aromatic rings.